The van der Waals surface area contributed by atoms with Crippen molar-refractivity contribution >= 4 is 11.0 Å². The molecule has 18 heavy (non-hydrogen) atoms. The summed E-state index contributed by atoms with van der Waals surface area (Å²) >= 11 is 0. The number of aromatic nitrogens is 2. The van der Waals surface area contributed by atoms with Crippen LogP contribution in [0.3, 0.4) is 0 Å². The van der Waals surface area contributed by atoms with Gasteiger partial charge in [0.25, 0.3) is 0 Å². The number of benzene rings is 1. The maximum atomic E-state index is 4.44. The molecule has 0 aliphatic carbocycles. The third kappa shape index (κ3) is 2.56. The lowest BCUT2D eigenvalue weighted by molar-refractivity contribution is 0.340. The van der Waals surface area contributed by atoms with Gasteiger partial charge in [-0.2, -0.15) is 0 Å². The fourth-order valence-electron chi connectivity index (χ4n) is 2.91. The molecule has 1 aliphatic heterocycles. The van der Waals surface area contributed by atoms with Crippen molar-refractivity contribution in [3.05, 3.63) is 30.6 Å². The summed E-state index contributed by atoms with van der Waals surface area (Å²) in [5, 5.41) is 3.43. The molecular weight excluding hydrogens is 222 g/mol. The second kappa shape index (κ2) is 5.53. The normalized spacial score (nSPS) is 17.3. The highest BCUT2D eigenvalue weighted by Crippen LogP contribution is 2.19. The number of piperidine rings is 1. The molecule has 3 rings (SSSR count). The van der Waals surface area contributed by atoms with Crippen LogP contribution in [0.2, 0.25) is 0 Å². The van der Waals surface area contributed by atoms with E-state index in [1.54, 1.807) is 0 Å². The largest absolute Gasteiger partial charge is 0.331 e. The first-order valence-corrected chi connectivity index (χ1v) is 7.04. The van der Waals surface area contributed by atoms with E-state index in [1.807, 2.05) is 6.33 Å². The Morgan fingerprint density at radius 3 is 2.94 bits per heavy atom. The van der Waals surface area contributed by atoms with Crippen molar-refractivity contribution in [2.24, 2.45) is 5.92 Å². The van der Waals surface area contributed by atoms with Crippen LogP contribution >= 0.6 is 0 Å². The summed E-state index contributed by atoms with van der Waals surface area (Å²) < 4.78 is 2.29. The maximum Gasteiger partial charge on any atom is 0.0958 e. The molecule has 1 aromatic heterocycles. The van der Waals surface area contributed by atoms with Crippen LogP contribution in [0.5, 0.6) is 0 Å². The first-order valence-electron chi connectivity index (χ1n) is 7.04. The van der Waals surface area contributed by atoms with Crippen LogP contribution in [0.25, 0.3) is 11.0 Å². The fourth-order valence-corrected chi connectivity index (χ4v) is 2.91. The van der Waals surface area contributed by atoms with E-state index in [0.717, 1.165) is 18.0 Å². The molecule has 3 heteroatoms. The van der Waals surface area contributed by atoms with Gasteiger partial charge in [-0.25, -0.2) is 4.98 Å². The van der Waals surface area contributed by atoms with Crippen molar-refractivity contribution in [2.75, 3.05) is 13.1 Å². The molecule has 0 radical (unpaired) electrons. The quantitative estimate of drug-likeness (QED) is 0.895. The summed E-state index contributed by atoms with van der Waals surface area (Å²) in [4.78, 5) is 4.44. The lowest BCUT2D eigenvalue weighted by atomic mass is 9.93. The smallest absolute Gasteiger partial charge is 0.0958 e. The predicted molar refractivity (Wildman–Crippen MR) is 74.6 cm³/mol. The van der Waals surface area contributed by atoms with Gasteiger partial charge in [-0.15, -0.1) is 0 Å². The van der Waals surface area contributed by atoms with Crippen LogP contribution in [-0.4, -0.2) is 22.6 Å². The minimum absolute atomic E-state index is 0.932. The minimum Gasteiger partial charge on any atom is -0.331 e. The zero-order valence-corrected chi connectivity index (χ0v) is 10.8. The molecule has 1 aromatic carbocycles. The SMILES string of the molecule is c1ccc2c(c1)ncn2CCCC1CCNCC1. The highest BCUT2D eigenvalue weighted by molar-refractivity contribution is 5.74. The Morgan fingerprint density at radius 1 is 1.22 bits per heavy atom. The number of hydrogen-bond donors (Lipinski definition) is 1. The number of fused-ring (bicyclic) bond motifs is 1. The molecule has 2 heterocycles. The molecule has 1 fully saturated rings. The lowest BCUT2D eigenvalue weighted by Gasteiger charge is -2.22. The highest BCUT2D eigenvalue weighted by Gasteiger charge is 2.12. The van der Waals surface area contributed by atoms with Gasteiger partial charge in [0.2, 0.25) is 0 Å². The predicted octanol–water partition coefficient (Wildman–Crippen LogP) is 2.82. The Labute approximate surface area is 108 Å². The molecule has 1 saturated heterocycles. The Bertz CT molecular complexity index is 497. The maximum absolute atomic E-state index is 4.44. The van der Waals surface area contributed by atoms with E-state index in [1.165, 1.54) is 44.3 Å². The van der Waals surface area contributed by atoms with Gasteiger partial charge in [-0.1, -0.05) is 12.1 Å². The zero-order valence-electron chi connectivity index (χ0n) is 10.8. The van der Waals surface area contributed by atoms with E-state index in [0.29, 0.717) is 0 Å². The topological polar surface area (TPSA) is 29.9 Å². The van der Waals surface area contributed by atoms with Gasteiger partial charge >= 0.3 is 0 Å². The number of para-hydroxylation sites is 2. The van der Waals surface area contributed by atoms with E-state index >= 15 is 0 Å². The van der Waals surface area contributed by atoms with Crippen molar-refractivity contribution in [3.8, 4) is 0 Å². The number of imidazole rings is 1. The average molecular weight is 243 g/mol. The molecule has 1 aliphatic rings. The fraction of sp³-hybridized carbons (Fsp3) is 0.533. The molecule has 0 bridgehead atoms. The van der Waals surface area contributed by atoms with Gasteiger partial charge in [0.1, 0.15) is 0 Å². The van der Waals surface area contributed by atoms with E-state index < -0.39 is 0 Å². The molecule has 0 atom stereocenters. The van der Waals surface area contributed by atoms with Crippen LogP contribution < -0.4 is 5.32 Å². The van der Waals surface area contributed by atoms with Crippen LogP contribution in [0.1, 0.15) is 25.7 Å². The number of nitrogens with one attached hydrogen (secondary N) is 1. The molecular formula is C15H21N3. The van der Waals surface area contributed by atoms with Gasteiger partial charge in [0.15, 0.2) is 0 Å². The van der Waals surface area contributed by atoms with E-state index in [9.17, 15) is 0 Å². The minimum atomic E-state index is 0.932. The van der Waals surface area contributed by atoms with Gasteiger partial charge in [0, 0.05) is 6.54 Å². The van der Waals surface area contributed by atoms with Crippen molar-refractivity contribution in [2.45, 2.75) is 32.2 Å². The molecule has 0 saturated carbocycles. The van der Waals surface area contributed by atoms with Crippen LogP contribution in [-0.2, 0) is 6.54 Å². The summed E-state index contributed by atoms with van der Waals surface area (Å²) in [5.74, 6) is 0.932. The van der Waals surface area contributed by atoms with Crippen LogP contribution in [0.15, 0.2) is 30.6 Å². The second-order valence-electron chi connectivity index (χ2n) is 5.26. The Hall–Kier alpha value is -1.35. The van der Waals surface area contributed by atoms with Crippen LogP contribution in [0, 0.1) is 5.92 Å². The Kier molecular flexibility index (Phi) is 3.60. The van der Waals surface area contributed by atoms with Gasteiger partial charge in [-0.3, -0.25) is 0 Å². The summed E-state index contributed by atoms with van der Waals surface area (Å²) in [6.07, 6.45) is 7.31. The van der Waals surface area contributed by atoms with Crippen molar-refractivity contribution in [1.29, 1.82) is 0 Å². The monoisotopic (exact) mass is 243 g/mol. The van der Waals surface area contributed by atoms with Crippen molar-refractivity contribution < 1.29 is 0 Å². The van der Waals surface area contributed by atoms with Gasteiger partial charge in [0.05, 0.1) is 17.4 Å². The van der Waals surface area contributed by atoms with Crippen LogP contribution in [0.4, 0.5) is 0 Å². The number of aryl methyl sites for hydroxylation is 1. The Balaban J connectivity index is 1.56. The van der Waals surface area contributed by atoms with E-state index in [2.05, 4.69) is 39.1 Å². The van der Waals surface area contributed by atoms with Crippen molar-refractivity contribution in [1.82, 2.24) is 14.9 Å². The average Bonchev–Trinajstić information content (AvgIpc) is 2.84. The zero-order chi connectivity index (χ0) is 12.2. The molecule has 0 unspecified atom stereocenters. The van der Waals surface area contributed by atoms with E-state index in [4.69, 9.17) is 0 Å². The summed E-state index contributed by atoms with van der Waals surface area (Å²) in [6, 6.07) is 8.38. The summed E-state index contributed by atoms with van der Waals surface area (Å²) in [5.41, 5.74) is 2.38. The first kappa shape index (κ1) is 11.7. The summed E-state index contributed by atoms with van der Waals surface area (Å²) in [6.45, 7) is 3.52. The van der Waals surface area contributed by atoms with Gasteiger partial charge < -0.3 is 9.88 Å². The molecule has 96 valence electrons. The third-order valence-electron chi connectivity index (χ3n) is 4.00. The number of hydrogen-bond acceptors (Lipinski definition) is 2. The third-order valence-corrected chi connectivity index (χ3v) is 4.00. The molecule has 1 N–H and O–H groups in total. The van der Waals surface area contributed by atoms with Crippen molar-refractivity contribution in [3.63, 3.8) is 0 Å². The second-order valence-corrected chi connectivity index (χ2v) is 5.26. The van der Waals surface area contributed by atoms with E-state index in [-0.39, 0.29) is 0 Å². The van der Waals surface area contributed by atoms with Gasteiger partial charge in [-0.05, 0) is 56.8 Å². The molecule has 0 spiro atoms. The lowest BCUT2D eigenvalue weighted by Crippen LogP contribution is -2.27. The first-order chi connectivity index (χ1) is 8.93. The standard InChI is InChI=1S/C15H21N3/c1-2-6-15-14(5-1)17-12-18(15)11-3-4-13-7-9-16-10-8-13/h1-2,5-6,12-13,16H,3-4,7-11H2. The molecule has 2 aromatic rings. The highest BCUT2D eigenvalue weighted by atomic mass is 15.0. The molecule has 0 amide bonds. The Morgan fingerprint density at radius 2 is 2.06 bits per heavy atom. The summed E-state index contributed by atoms with van der Waals surface area (Å²) in [7, 11) is 0. The number of nitrogens with zero attached hydrogens (tertiary/aromatic N) is 2. The molecule has 3 nitrogen and oxygen atoms in total. The number of rotatable bonds is 4.